The summed E-state index contributed by atoms with van der Waals surface area (Å²) < 4.78 is 7.35. The van der Waals surface area contributed by atoms with E-state index in [0.717, 1.165) is 29.9 Å². The highest BCUT2D eigenvalue weighted by atomic mass is 32.2. The second kappa shape index (κ2) is 8.29. The number of carbonyl (C=O) groups excluding carboxylic acids is 1. The molecule has 1 atom stereocenters. The van der Waals surface area contributed by atoms with Crippen molar-refractivity contribution in [3.63, 3.8) is 0 Å². The molecule has 1 amide bonds. The van der Waals surface area contributed by atoms with E-state index in [1.165, 1.54) is 29.3 Å². The molecule has 29 heavy (non-hydrogen) atoms. The molecular weight excluding hydrogens is 384 g/mol. The number of carbonyl (C=O) groups is 1. The lowest BCUT2D eigenvalue weighted by Gasteiger charge is -2.13. The molecule has 1 N–H and O–H groups in total. The summed E-state index contributed by atoms with van der Waals surface area (Å²) in [5, 5.41) is 12.0. The second-order valence-electron chi connectivity index (χ2n) is 7.18. The van der Waals surface area contributed by atoms with Gasteiger partial charge in [-0.2, -0.15) is 0 Å². The minimum absolute atomic E-state index is 0.0536. The Morgan fingerprint density at radius 3 is 2.93 bits per heavy atom. The van der Waals surface area contributed by atoms with Crippen LogP contribution in [-0.2, 0) is 24.2 Å². The largest absolute Gasteiger partial charge is 0.469 e. The molecule has 7 heteroatoms. The highest BCUT2D eigenvalue weighted by Crippen LogP contribution is 2.30. The molecule has 6 nitrogen and oxygen atoms in total. The van der Waals surface area contributed by atoms with Crippen molar-refractivity contribution in [2.75, 3.05) is 5.32 Å². The molecule has 150 valence electrons. The van der Waals surface area contributed by atoms with E-state index in [9.17, 15) is 4.79 Å². The first-order valence-corrected chi connectivity index (χ1v) is 10.6. The van der Waals surface area contributed by atoms with E-state index in [1.54, 1.807) is 12.3 Å². The summed E-state index contributed by atoms with van der Waals surface area (Å²) in [6, 6.07) is 8.07. The lowest BCUT2D eigenvalue weighted by Crippen LogP contribution is -2.23. The minimum Gasteiger partial charge on any atom is -0.469 e. The molecule has 0 saturated carbocycles. The molecule has 2 heterocycles. The molecular formula is C22H24N4O2S. The first kappa shape index (κ1) is 19.5. The van der Waals surface area contributed by atoms with E-state index in [-0.39, 0.29) is 11.2 Å². The van der Waals surface area contributed by atoms with E-state index in [0.29, 0.717) is 17.5 Å². The summed E-state index contributed by atoms with van der Waals surface area (Å²) in [5.74, 6) is 1.44. The van der Waals surface area contributed by atoms with Crippen molar-refractivity contribution in [3.05, 3.63) is 60.1 Å². The molecule has 0 radical (unpaired) electrons. The number of aromatic nitrogens is 3. The zero-order valence-electron chi connectivity index (χ0n) is 16.6. The molecule has 0 spiro atoms. The Labute approximate surface area is 174 Å². The van der Waals surface area contributed by atoms with Gasteiger partial charge in [0.25, 0.3) is 0 Å². The number of fused-ring (bicyclic) bond motifs is 1. The van der Waals surface area contributed by atoms with Gasteiger partial charge in [-0.25, -0.2) is 0 Å². The van der Waals surface area contributed by atoms with Crippen LogP contribution < -0.4 is 5.32 Å². The Kier molecular flexibility index (Phi) is 5.58. The van der Waals surface area contributed by atoms with Gasteiger partial charge in [0.2, 0.25) is 5.91 Å². The average Bonchev–Trinajstić information content (AvgIpc) is 3.42. The van der Waals surface area contributed by atoms with Gasteiger partial charge < -0.3 is 9.73 Å². The topological polar surface area (TPSA) is 73.0 Å². The maximum atomic E-state index is 12.8. The molecule has 2 aromatic heterocycles. The van der Waals surface area contributed by atoms with Crippen LogP contribution >= 0.6 is 11.8 Å². The molecule has 1 aliphatic carbocycles. The van der Waals surface area contributed by atoms with Gasteiger partial charge >= 0.3 is 0 Å². The first-order valence-electron chi connectivity index (χ1n) is 9.74. The Bertz CT molecular complexity index is 1050. The SMILES string of the molecule is C=CCn1c(S[C@H](C)C(=O)Nc2ccc3c(c2)CCC3)nnc1-c1ccoc1C. The number of hydrogen-bond acceptors (Lipinski definition) is 5. The number of amides is 1. The van der Waals surface area contributed by atoms with Gasteiger partial charge in [-0.3, -0.25) is 9.36 Å². The standard InChI is InChI=1S/C22H24N4O2S/c1-4-11-26-20(19-10-12-28-14(19)2)24-25-22(26)29-15(3)21(27)23-18-9-8-16-6-5-7-17(16)13-18/h4,8-10,12-13,15H,1,5-7,11H2,2-3H3,(H,23,27)/t15-/m1/s1. The van der Waals surface area contributed by atoms with Crippen LogP contribution in [0.5, 0.6) is 0 Å². The smallest absolute Gasteiger partial charge is 0.237 e. The fourth-order valence-corrected chi connectivity index (χ4v) is 4.45. The van der Waals surface area contributed by atoms with E-state index < -0.39 is 0 Å². The molecule has 0 aliphatic heterocycles. The number of rotatable bonds is 7. The summed E-state index contributed by atoms with van der Waals surface area (Å²) in [6.07, 6.45) is 6.84. The number of thioether (sulfide) groups is 1. The first-order chi connectivity index (χ1) is 14.1. The number of nitrogens with one attached hydrogen (secondary N) is 1. The Morgan fingerprint density at radius 2 is 2.17 bits per heavy atom. The summed E-state index contributed by atoms with van der Waals surface area (Å²) >= 11 is 1.39. The van der Waals surface area contributed by atoms with Gasteiger partial charge in [-0.15, -0.1) is 16.8 Å². The van der Waals surface area contributed by atoms with Crippen LogP contribution in [0.4, 0.5) is 5.69 Å². The van der Waals surface area contributed by atoms with Crippen molar-refractivity contribution < 1.29 is 9.21 Å². The van der Waals surface area contributed by atoms with Gasteiger partial charge in [0, 0.05) is 12.2 Å². The third kappa shape index (κ3) is 4.00. The lowest BCUT2D eigenvalue weighted by molar-refractivity contribution is -0.115. The van der Waals surface area contributed by atoms with Gasteiger partial charge in [-0.1, -0.05) is 23.9 Å². The number of furan rings is 1. The van der Waals surface area contributed by atoms with Gasteiger partial charge in [0.1, 0.15) is 5.76 Å². The molecule has 0 fully saturated rings. The van der Waals surface area contributed by atoms with Gasteiger partial charge in [0.05, 0.1) is 17.1 Å². The van der Waals surface area contributed by atoms with Crippen molar-refractivity contribution in [1.82, 2.24) is 14.8 Å². The highest BCUT2D eigenvalue weighted by Gasteiger charge is 2.22. The van der Waals surface area contributed by atoms with E-state index >= 15 is 0 Å². The van der Waals surface area contributed by atoms with E-state index in [4.69, 9.17) is 4.42 Å². The van der Waals surface area contributed by atoms with Crippen LogP contribution in [-0.4, -0.2) is 25.9 Å². The molecule has 3 aromatic rings. The number of allylic oxidation sites excluding steroid dienone is 1. The van der Waals surface area contributed by atoms with Crippen molar-refractivity contribution in [1.29, 1.82) is 0 Å². The predicted octanol–water partition coefficient (Wildman–Crippen LogP) is 4.64. The van der Waals surface area contributed by atoms with Crippen LogP contribution in [0.3, 0.4) is 0 Å². The average molecular weight is 409 g/mol. The van der Waals surface area contributed by atoms with Gasteiger partial charge in [-0.05, 0) is 62.4 Å². The molecule has 0 unspecified atom stereocenters. The second-order valence-corrected chi connectivity index (χ2v) is 8.49. The third-order valence-electron chi connectivity index (χ3n) is 5.15. The zero-order valence-corrected chi connectivity index (χ0v) is 17.5. The number of anilines is 1. The van der Waals surface area contributed by atoms with Crippen LogP contribution in [0, 0.1) is 6.92 Å². The van der Waals surface area contributed by atoms with Crippen molar-refractivity contribution in [2.24, 2.45) is 0 Å². The van der Waals surface area contributed by atoms with Crippen LogP contribution in [0.25, 0.3) is 11.4 Å². The number of nitrogens with zero attached hydrogens (tertiary/aromatic N) is 3. The van der Waals surface area contributed by atoms with Crippen LogP contribution in [0.1, 0.15) is 30.2 Å². The predicted molar refractivity (Wildman–Crippen MR) is 115 cm³/mol. The third-order valence-corrected chi connectivity index (χ3v) is 6.23. The van der Waals surface area contributed by atoms with Crippen molar-refractivity contribution in [2.45, 2.75) is 50.1 Å². The zero-order chi connectivity index (χ0) is 20.4. The minimum atomic E-state index is -0.325. The monoisotopic (exact) mass is 408 g/mol. The summed E-state index contributed by atoms with van der Waals surface area (Å²) in [6.45, 7) is 8.15. The fourth-order valence-electron chi connectivity index (χ4n) is 3.59. The highest BCUT2D eigenvalue weighted by molar-refractivity contribution is 8.00. The number of hydrogen-bond donors (Lipinski definition) is 1. The summed E-state index contributed by atoms with van der Waals surface area (Å²) in [4.78, 5) is 12.8. The normalized spacial score (nSPS) is 13.9. The number of aryl methyl sites for hydroxylation is 3. The Morgan fingerprint density at radius 1 is 1.34 bits per heavy atom. The van der Waals surface area contributed by atoms with Crippen LogP contribution in [0.15, 0.2) is 52.8 Å². The fraction of sp³-hybridized carbons (Fsp3) is 0.318. The number of benzene rings is 1. The van der Waals surface area contributed by atoms with Crippen LogP contribution in [0.2, 0.25) is 0 Å². The van der Waals surface area contributed by atoms with Crippen molar-refractivity contribution >= 4 is 23.4 Å². The Balaban J connectivity index is 1.49. The summed E-state index contributed by atoms with van der Waals surface area (Å²) in [7, 11) is 0. The molecule has 1 aliphatic rings. The van der Waals surface area contributed by atoms with E-state index in [1.807, 2.05) is 30.5 Å². The maximum absolute atomic E-state index is 12.8. The van der Waals surface area contributed by atoms with Gasteiger partial charge in [0.15, 0.2) is 11.0 Å². The summed E-state index contributed by atoms with van der Waals surface area (Å²) in [5.41, 5.74) is 4.48. The maximum Gasteiger partial charge on any atom is 0.237 e. The quantitative estimate of drug-likeness (QED) is 0.455. The van der Waals surface area contributed by atoms with E-state index in [2.05, 4.69) is 34.2 Å². The molecule has 4 rings (SSSR count). The molecule has 0 saturated heterocycles. The molecule has 1 aromatic carbocycles. The molecule has 0 bridgehead atoms. The van der Waals surface area contributed by atoms with Crippen molar-refractivity contribution in [3.8, 4) is 11.4 Å². The lowest BCUT2D eigenvalue weighted by atomic mass is 10.1. The Hall–Kier alpha value is -2.80.